The van der Waals surface area contributed by atoms with E-state index in [1.807, 2.05) is 18.2 Å². The zero-order chi connectivity index (χ0) is 36.2. The van der Waals surface area contributed by atoms with E-state index in [4.69, 9.17) is 18.6 Å². The quantitative estimate of drug-likeness (QED) is 0.0750. The molecule has 1 aromatic heterocycles. The number of carbonyl (C=O) groups is 3. The lowest BCUT2D eigenvalue weighted by Crippen LogP contribution is -2.28. The Morgan fingerprint density at radius 1 is 0.577 bits per heavy atom. The molecule has 3 N–H and O–H groups in total. The van der Waals surface area contributed by atoms with Crippen molar-refractivity contribution in [3.8, 4) is 17.2 Å². The molecule has 10 heteroatoms. The summed E-state index contributed by atoms with van der Waals surface area (Å²) in [5.74, 6) is -3.19. The van der Waals surface area contributed by atoms with E-state index in [1.54, 1.807) is 84.9 Å². The Balaban J connectivity index is 1.42. The molecule has 0 spiro atoms. The number of aromatic hydroxyl groups is 3. The van der Waals surface area contributed by atoms with Crippen molar-refractivity contribution in [2.24, 2.45) is 0 Å². The van der Waals surface area contributed by atoms with Gasteiger partial charge in [0.25, 0.3) is 0 Å². The van der Waals surface area contributed by atoms with Crippen LogP contribution < -0.4 is 0 Å². The fourth-order valence-electron chi connectivity index (χ4n) is 6.22. The zero-order valence-electron chi connectivity index (χ0n) is 27.6. The summed E-state index contributed by atoms with van der Waals surface area (Å²) in [5, 5.41) is 31.4. The first-order valence-electron chi connectivity index (χ1n) is 16.5. The maximum absolute atomic E-state index is 13.8. The molecule has 0 bridgehead atoms. The van der Waals surface area contributed by atoms with Gasteiger partial charge in [0.15, 0.2) is 35.2 Å². The highest BCUT2D eigenvalue weighted by molar-refractivity contribution is 5.92. The van der Waals surface area contributed by atoms with Crippen molar-refractivity contribution in [3.05, 3.63) is 167 Å². The number of benzene rings is 5. The Bertz CT molecular complexity index is 2270. The molecule has 10 nitrogen and oxygen atoms in total. The molecule has 5 aromatic carbocycles. The van der Waals surface area contributed by atoms with Crippen LogP contribution >= 0.6 is 0 Å². The number of esters is 3. The van der Waals surface area contributed by atoms with E-state index in [0.717, 1.165) is 0 Å². The Kier molecular flexibility index (Phi) is 9.44. The topological polar surface area (TPSA) is 153 Å². The van der Waals surface area contributed by atoms with E-state index in [2.05, 4.69) is 0 Å². The maximum atomic E-state index is 13.8. The van der Waals surface area contributed by atoms with Crippen molar-refractivity contribution in [2.75, 3.05) is 0 Å². The highest BCUT2D eigenvalue weighted by atomic mass is 16.6. The number of fused-ring (bicyclic) bond motifs is 3. The van der Waals surface area contributed by atoms with Gasteiger partial charge in [0, 0.05) is 11.5 Å². The standard InChI is InChI=1S/C42H32O10/c43-29-18-16-28(17-19-29)37-39(50-34(46)20-25-10-4-1-5-11-25)41-38(30-23-31(44)32(45)24-33(30)49-41)42(52-36(48)22-27-14-8-3-9-15-27)40(37)51-35(47)21-26-12-6-2-7-13-26/h1-19,23-24,39,42-45H,20-22H2/t39-,42-/m0/s1. The molecule has 52 heavy (non-hydrogen) atoms. The maximum Gasteiger partial charge on any atom is 0.315 e. The summed E-state index contributed by atoms with van der Waals surface area (Å²) in [6, 6.07) is 35.1. The predicted molar refractivity (Wildman–Crippen MR) is 189 cm³/mol. The molecular formula is C42H32O10. The van der Waals surface area contributed by atoms with Crippen molar-refractivity contribution in [1.82, 2.24) is 0 Å². The van der Waals surface area contributed by atoms with E-state index in [9.17, 15) is 29.7 Å². The third kappa shape index (κ3) is 7.22. The number of furan rings is 1. The van der Waals surface area contributed by atoms with Crippen LogP contribution in [0.5, 0.6) is 17.2 Å². The molecule has 7 rings (SSSR count). The molecular weight excluding hydrogens is 664 g/mol. The Labute approximate surface area is 297 Å². The summed E-state index contributed by atoms with van der Waals surface area (Å²) in [4.78, 5) is 41.2. The molecule has 6 aromatic rings. The number of phenolic OH excluding ortho intramolecular Hbond substituents is 3. The minimum Gasteiger partial charge on any atom is -0.508 e. The fraction of sp³-hybridized carbons (Fsp3) is 0.119. The average molecular weight is 697 g/mol. The summed E-state index contributed by atoms with van der Waals surface area (Å²) < 4.78 is 24.8. The van der Waals surface area contributed by atoms with Crippen LogP contribution in [0, 0.1) is 0 Å². The van der Waals surface area contributed by atoms with Gasteiger partial charge >= 0.3 is 17.9 Å². The Morgan fingerprint density at radius 2 is 1.06 bits per heavy atom. The van der Waals surface area contributed by atoms with E-state index in [0.29, 0.717) is 22.3 Å². The van der Waals surface area contributed by atoms with Crippen molar-refractivity contribution in [1.29, 1.82) is 0 Å². The number of ether oxygens (including phenoxy) is 3. The van der Waals surface area contributed by atoms with Gasteiger partial charge in [0.2, 0.25) is 0 Å². The molecule has 0 saturated heterocycles. The molecule has 2 atom stereocenters. The van der Waals surface area contributed by atoms with Crippen molar-refractivity contribution in [3.63, 3.8) is 0 Å². The number of hydrogen-bond acceptors (Lipinski definition) is 10. The second-order valence-corrected chi connectivity index (χ2v) is 12.2. The number of rotatable bonds is 10. The normalized spacial score (nSPS) is 15.2. The van der Waals surface area contributed by atoms with Crippen LogP contribution in [0.1, 0.15) is 45.8 Å². The molecule has 0 aliphatic heterocycles. The summed E-state index contributed by atoms with van der Waals surface area (Å²) in [6.45, 7) is 0. The first-order valence-corrected chi connectivity index (χ1v) is 16.5. The SMILES string of the molecule is O=C(Cc1ccccc1)OC1=C(c2ccc(O)cc2)[C@H](OC(=O)Cc2ccccc2)c2oc3cc(O)c(O)cc3c2[C@@H]1OC(=O)Cc1ccccc1. The molecule has 0 saturated carbocycles. The van der Waals surface area contributed by atoms with Crippen LogP contribution in [-0.2, 0) is 47.9 Å². The van der Waals surface area contributed by atoms with Gasteiger partial charge < -0.3 is 33.9 Å². The van der Waals surface area contributed by atoms with Crippen molar-refractivity contribution in [2.45, 2.75) is 31.5 Å². The molecule has 260 valence electrons. The van der Waals surface area contributed by atoms with Gasteiger partial charge in [0.1, 0.15) is 11.3 Å². The van der Waals surface area contributed by atoms with Gasteiger partial charge in [-0.3, -0.25) is 14.4 Å². The minimum atomic E-state index is -1.45. The number of hydrogen-bond donors (Lipinski definition) is 3. The molecule has 0 unspecified atom stereocenters. The number of phenols is 3. The second-order valence-electron chi connectivity index (χ2n) is 12.2. The second kappa shape index (κ2) is 14.6. The highest BCUT2D eigenvalue weighted by Crippen LogP contribution is 2.53. The van der Waals surface area contributed by atoms with Crippen LogP contribution in [0.3, 0.4) is 0 Å². The lowest BCUT2D eigenvalue weighted by atomic mass is 9.85. The van der Waals surface area contributed by atoms with Crippen LogP contribution in [0.25, 0.3) is 16.5 Å². The summed E-state index contributed by atoms with van der Waals surface area (Å²) in [7, 11) is 0. The van der Waals surface area contributed by atoms with Crippen LogP contribution in [0.15, 0.2) is 138 Å². The Hall–Kier alpha value is -6.81. The molecule has 0 amide bonds. The molecule has 0 radical (unpaired) electrons. The summed E-state index contributed by atoms with van der Waals surface area (Å²) >= 11 is 0. The number of carbonyl (C=O) groups excluding carboxylic acids is 3. The van der Waals surface area contributed by atoms with Crippen molar-refractivity contribution < 1.29 is 48.3 Å². The molecule has 1 aliphatic carbocycles. The lowest BCUT2D eigenvalue weighted by Gasteiger charge is -2.32. The van der Waals surface area contributed by atoms with Crippen LogP contribution in [0.2, 0.25) is 0 Å². The minimum absolute atomic E-state index is 0.0184. The monoisotopic (exact) mass is 696 g/mol. The van der Waals surface area contributed by atoms with Gasteiger partial charge in [-0.25, -0.2) is 0 Å². The fourth-order valence-corrected chi connectivity index (χ4v) is 6.22. The summed E-state index contributed by atoms with van der Waals surface area (Å²) in [5.41, 5.74) is 2.72. The van der Waals surface area contributed by atoms with Gasteiger partial charge in [-0.2, -0.15) is 0 Å². The largest absolute Gasteiger partial charge is 0.508 e. The zero-order valence-corrected chi connectivity index (χ0v) is 27.6. The smallest absolute Gasteiger partial charge is 0.315 e. The first kappa shape index (κ1) is 33.7. The van der Waals surface area contributed by atoms with Crippen LogP contribution in [0.4, 0.5) is 0 Å². The average Bonchev–Trinajstić information content (AvgIpc) is 3.49. The third-order valence-corrected chi connectivity index (χ3v) is 8.59. The lowest BCUT2D eigenvalue weighted by molar-refractivity contribution is -0.154. The van der Waals surface area contributed by atoms with E-state index < -0.39 is 41.6 Å². The van der Waals surface area contributed by atoms with E-state index in [1.165, 1.54) is 24.3 Å². The van der Waals surface area contributed by atoms with Crippen molar-refractivity contribution >= 4 is 34.5 Å². The van der Waals surface area contributed by atoms with E-state index >= 15 is 0 Å². The highest BCUT2D eigenvalue weighted by Gasteiger charge is 2.46. The Morgan fingerprint density at radius 3 is 1.60 bits per heavy atom. The molecule has 0 fully saturated rings. The van der Waals surface area contributed by atoms with E-state index in [-0.39, 0.29) is 58.6 Å². The van der Waals surface area contributed by atoms with Gasteiger partial charge in [-0.1, -0.05) is 103 Å². The van der Waals surface area contributed by atoms with Crippen LogP contribution in [-0.4, -0.2) is 33.2 Å². The predicted octanol–water partition coefficient (Wildman–Crippen LogP) is 7.41. The summed E-state index contributed by atoms with van der Waals surface area (Å²) in [6.07, 6.45) is -3.23. The van der Waals surface area contributed by atoms with Gasteiger partial charge in [0.05, 0.1) is 30.4 Å². The van der Waals surface area contributed by atoms with Gasteiger partial charge in [-0.15, -0.1) is 0 Å². The molecule has 1 heterocycles. The van der Waals surface area contributed by atoms with Gasteiger partial charge in [-0.05, 0) is 40.5 Å². The first-order chi connectivity index (χ1) is 25.2. The third-order valence-electron chi connectivity index (χ3n) is 8.59. The molecule has 1 aliphatic rings.